The van der Waals surface area contributed by atoms with Crippen molar-refractivity contribution in [3.63, 3.8) is 0 Å². The average Bonchev–Trinajstić information content (AvgIpc) is 3.05. The fraction of sp³-hybridized carbons (Fsp3) is 0.300. The summed E-state index contributed by atoms with van der Waals surface area (Å²) in [6, 6.07) is 16.0. The normalized spacial score (nSPS) is 11.0. The van der Waals surface area contributed by atoms with Crippen LogP contribution in [0.4, 0.5) is 0 Å². The summed E-state index contributed by atoms with van der Waals surface area (Å²) in [4.78, 5) is 0. The molecule has 1 aromatic heterocycles. The lowest BCUT2D eigenvalue weighted by molar-refractivity contribution is 0.289. The third-order valence-corrected chi connectivity index (χ3v) is 5.17. The molecule has 0 saturated carbocycles. The van der Waals surface area contributed by atoms with Crippen LogP contribution >= 0.6 is 11.8 Å². The highest BCUT2D eigenvalue weighted by atomic mass is 32.2. The van der Waals surface area contributed by atoms with E-state index in [4.69, 9.17) is 15.3 Å². The number of nitrogens with zero attached hydrogens (tertiary/aromatic N) is 3. The summed E-state index contributed by atoms with van der Waals surface area (Å²) in [5, 5.41) is 8.96. The maximum atomic E-state index is 6.12. The zero-order chi connectivity index (χ0) is 19.2. The van der Waals surface area contributed by atoms with Crippen LogP contribution in [0, 0.1) is 0 Å². The quantitative estimate of drug-likeness (QED) is 0.467. The molecule has 0 aliphatic carbocycles. The first-order valence-electron chi connectivity index (χ1n) is 8.74. The van der Waals surface area contributed by atoms with Gasteiger partial charge in [0.15, 0.2) is 5.82 Å². The predicted molar refractivity (Wildman–Crippen MR) is 108 cm³/mol. The third kappa shape index (κ3) is 4.95. The minimum atomic E-state index is 0.236. The van der Waals surface area contributed by atoms with Crippen molar-refractivity contribution in [2.45, 2.75) is 37.3 Å². The van der Waals surface area contributed by atoms with Crippen LogP contribution in [0.1, 0.15) is 36.7 Å². The van der Waals surface area contributed by atoms with E-state index in [0.717, 1.165) is 11.5 Å². The topological polar surface area (TPSA) is 75.2 Å². The number of rotatable bonds is 8. The zero-order valence-electron chi connectivity index (χ0n) is 15.8. The van der Waals surface area contributed by atoms with Crippen LogP contribution in [-0.4, -0.2) is 22.0 Å². The van der Waals surface area contributed by atoms with Crippen molar-refractivity contribution >= 4 is 11.8 Å². The molecule has 3 rings (SSSR count). The Morgan fingerprint density at radius 2 is 1.81 bits per heavy atom. The fourth-order valence-corrected chi connectivity index (χ4v) is 3.32. The summed E-state index contributed by atoms with van der Waals surface area (Å²) < 4.78 is 12.4. The van der Waals surface area contributed by atoms with Gasteiger partial charge in [0.05, 0.1) is 7.11 Å². The third-order valence-electron chi connectivity index (χ3n) is 4.16. The van der Waals surface area contributed by atoms with Crippen molar-refractivity contribution in [2.24, 2.45) is 0 Å². The van der Waals surface area contributed by atoms with Crippen molar-refractivity contribution in [1.82, 2.24) is 14.9 Å². The van der Waals surface area contributed by atoms with Gasteiger partial charge in [-0.1, -0.05) is 55.9 Å². The smallest absolute Gasteiger partial charge is 0.210 e. The second-order valence-corrected chi connectivity index (χ2v) is 7.36. The van der Waals surface area contributed by atoms with Gasteiger partial charge < -0.3 is 15.3 Å². The molecule has 0 bridgehead atoms. The van der Waals surface area contributed by atoms with Crippen LogP contribution in [0.3, 0.4) is 0 Å². The molecule has 142 valence electrons. The van der Waals surface area contributed by atoms with E-state index < -0.39 is 0 Å². The van der Waals surface area contributed by atoms with E-state index in [-0.39, 0.29) is 6.61 Å². The van der Waals surface area contributed by atoms with E-state index in [2.05, 4.69) is 48.3 Å². The summed E-state index contributed by atoms with van der Waals surface area (Å²) in [5.74, 6) is 9.43. The molecule has 3 aromatic rings. The SMILES string of the molecule is COc1cccc(OCc2nnc(SCc3ccc(C(C)C)cc3)n2N)c1. The summed E-state index contributed by atoms with van der Waals surface area (Å²) in [5.41, 5.74) is 2.56. The molecule has 0 aliphatic rings. The molecule has 2 aromatic carbocycles. The Morgan fingerprint density at radius 1 is 1.07 bits per heavy atom. The number of nitrogen functional groups attached to an aromatic ring is 1. The van der Waals surface area contributed by atoms with E-state index >= 15 is 0 Å². The monoisotopic (exact) mass is 384 g/mol. The average molecular weight is 385 g/mol. The molecular formula is C20H24N4O2S. The largest absolute Gasteiger partial charge is 0.497 e. The molecule has 0 radical (unpaired) electrons. The number of hydrogen-bond acceptors (Lipinski definition) is 6. The number of methoxy groups -OCH3 is 1. The Balaban J connectivity index is 1.58. The van der Waals surface area contributed by atoms with Crippen molar-refractivity contribution in [2.75, 3.05) is 13.0 Å². The fourth-order valence-electron chi connectivity index (χ4n) is 2.49. The molecular weight excluding hydrogens is 360 g/mol. The first-order chi connectivity index (χ1) is 13.1. The molecule has 0 amide bonds. The molecule has 2 N–H and O–H groups in total. The number of nitrogens with two attached hydrogens (primary N) is 1. The van der Waals surface area contributed by atoms with Crippen LogP contribution in [0.25, 0.3) is 0 Å². The molecule has 27 heavy (non-hydrogen) atoms. The van der Waals surface area contributed by atoms with Crippen LogP contribution in [0.15, 0.2) is 53.7 Å². The maximum absolute atomic E-state index is 6.12. The number of ether oxygens (including phenoxy) is 2. The molecule has 0 saturated heterocycles. The first-order valence-corrected chi connectivity index (χ1v) is 9.73. The summed E-state index contributed by atoms with van der Waals surface area (Å²) in [6.07, 6.45) is 0. The Bertz CT molecular complexity index is 878. The lowest BCUT2D eigenvalue weighted by Gasteiger charge is -2.08. The Labute approximate surface area is 163 Å². The lowest BCUT2D eigenvalue weighted by atomic mass is 10.0. The zero-order valence-corrected chi connectivity index (χ0v) is 16.6. The molecule has 0 unspecified atom stereocenters. The van der Waals surface area contributed by atoms with E-state index in [0.29, 0.717) is 22.6 Å². The van der Waals surface area contributed by atoms with Crippen LogP contribution < -0.4 is 15.3 Å². The van der Waals surface area contributed by atoms with Crippen LogP contribution in [0.2, 0.25) is 0 Å². The van der Waals surface area contributed by atoms with Crippen molar-refractivity contribution < 1.29 is 9.47 Å². The van der Waals surface area contributed by atoms with Gasteiger partial charge >= 0.3 is 0 Å². The molecule has 0 spiro atoms. The Kier molecular flexibility index (Phi) is 6.24. The standard InChI is InChI=1S/C20H24N4O2S/c1-14(2)16-9-7-15(8-10-16)13-27-20-23-22-19(24(20)21)12-26-18-6-4-5-17(11-18)25-3/h4-11,14H,12-13,21H2,1-3H3. The number of thioether (sulfide) groups is 1. The lowest BCUT2D eigenvalue weighted by Crippen LogP contribution is -2.15. The summed E-state index contributed by atoms with van der Waals surface area (Å²) in [6.45, 7) is 4.62. The number of aromatic nitrogens is 3. The van der Waals surface area contributed by atoms with Gasteiger partial charge in [0, 0.05) is 11.8 Å². The number of hydrogen-bond donors (Lipinski definition) is 1. The van der Waals surface area contributed by atoms with E-state index in [1.807, 2.05) is 24.3 Å². The minimum absolute atomic E-state index is 0.236. The summed E-state index contributed by atoms with van der Waals surface area (Å²) >= 11 is 1.55. The van der Waals surface area contributed by atoms with Gasteiger partial charge in [-0.05, 0) is 29.2 Å². The van der Waals surface area contributed by atoms with Gasteiger partial charge in [-0.3, -0.25) is 0 Å². The molecule has 7 heteroatoms. The molecule has 1 heterocycles. The van der Waals surface area contributed by atoms with Crippen molar-refractivity contribution in [3.05, 3.63) is 65.5 Å². The highest BCUT2D eigenvalue weighted by Gasteiger charge is 2.11. The Morgan fingerprint density at radius 3 is 2.52 bits per heavy atom. The molecule has 6 nitrogen and oxygen atoms in total. The van der Waals surface area contributed by atoms with Gasteiger partial charge in [0.25, 0.3) is 0 Å². The molecule has 0 aliphatic heterocycles. The van der Waals surface area contributed by atoms with Gasteiger partial charge in [-0.25, -0.2) is 4.68 Å². The Hall–Kier alpha value is -2.67. The van der Waals surface area contributed by atoms with Crippen molar-refractivity contribution in [3.8, 4) is 11.5 Å². The van der Waals surface area contributed by atoms with E-state index in [9.17, 15) is 0 Å². The highest BCUT2D eigenvalue weighted by molar-refractivity contribution is 7.98. The minimum Gasteiger partial charge on any atom is -0.497 e. The second-order valence-electron chi connectivity index (χ2n) is 6.42. The van der Waals surface area contributed by atoms with Gasteiger partial charge in [0.2, 0.25) is 5.16 Å². The summed E-state index contributed by atoms with van der Waals surface area (Å²) in [7, 11) is 1.62. The van der Waals surface area contributed by atoms with Gasteiger partial charge in [-0.15, -0.1) is 10.2 Å². The number of benzene rings is 2. The van der Waals surface area contributed by atoms with Gasteiger partial charge in [-0.2, -0.15) is 0 Å². The maximum Gasteiger partial charge on any atom is 0.210 e. The highest BCUT2D eigenvalue weighted by Crippen LogP contribution is 2.23. The predicted octanol–water partition coefficient (Wildman–Crippen LogP) is 4.00. The molecule has 0 atom stereocenters. The van der Waals surface area contributed by atoms with Crippen molar-refractivity contribution in [1.29, 1.82) is 0 Å². The van der Waals surface area contributed by atoms with E-state index in [1.165, 1.54) is 15.8 Å². The van der Waals surface area contributed by atoms with Crippen LogP contribution in [0.5, 0.6) is 11.5 Å². The van der Waals surface area contributed by atoms with Gasteiger partial charge in [0.1, 0.15) is 18.1 Å². The molecule has 0 fully saturated rings. The van der Waals surface area contributed by atoms with E-state index in [1.54, 1.807) is 18.9 Å². The van der Waals surface area contributed by atoms with Crippen LogP contribution in [-0.2, 0) is 12.4 Å². The first kappa shape index (κ1) is 19.1. The second kappa shape index (κ2) is 8.81.